The molecule has 0 saturated heterocycles. The maximum absolute atomic E-state index is 3.79. The molecular formula is C18H26Br2Si2. The zero-order chi connectivity index (χ0) is 16.7. The van der Waals surface area contributed by atoms with E-state index in [1.54, 1.807) is 0 Å². The predicted octanol–water partition coefficient (Wildman–Crippen LogP) is 7.20. The van der Waals surface area contributed by atoms with Crippen molar-refractivity contribution in [2.45, 2.75) is 51.4 Å². The lowest BCUT2D eigenvalue weighted by Gasteiger charge is -2.19. The molecule has 2 aromatic carbocycles. The fourth-order valence-electron chi connectivity index (χ4n) is 2.80. The van der Waals surface area contributed by atoms with Crippen LogP contribution in [0.25, 0.3) is 10.8 Å². The van der Waals surface area contributed by atoms with Crippen LogP contribution in [0, 0.1) is 0 Å². The molecule has 0 bridgehead atoms. The molecule has 0 nitrogen and oxygen atoms in total. The van der Waals surface area contributed by atoms with Crippen molar-refractivity contribution in [3.05, 3.63) is 44.3 Å². The molecule has 120 valence electrons. The van der Waals surface area contributed by atoms with E-state index in [1.165, 1.54) is 42.9 Å². The summed E-state index contributed by atoms with van der Waals surface area (Å²) in [6.07, 6.45) is 0. The van der Waals surface area contributed by atoms with E-state index >= 15 is 0 Å². The molecule has 0 N–H and O–H groups in total. The first-order valence-corrected chi connectivity index (χ1v) is 16.9. The Balaban J connectivity index is 2.50. The van der Waals surface area contributed by atoms with Gasteiger partial charge in [0.05, 0.1) is 0 Å². The van der Waals surface area contributed by atoms with Crippen LogP contribution in [0.2, 0.25) is 39.3 Å². The Bertz CT molecular complexity index is 634. The highest BCUT2D eigenvalue weighted by Crippen LogP contribution is 2.32. The van der Waals surface area contributed by atoms with Crippen LogP contribution < -0.4 is 0 Å². The summed E-state index contributed by atoms with van der Waals surface area (Å²) in [6.45, 7) is 14.6. The molecule has 0 aliphatic carbocycles. The van der Waals surface area contributed by atoms with Crippen LogP contribution in [0.15, 0.2) is 33.2 Å². The molecule has 4 heteroatoms. The van der Waals surface area contributed by atoms with Crippen LogP contribution in [0.5, 0.6) is 0 Å². The molecule has 0 fully saturated rings. The largest absolute Gasteiger partial charge is 0.0693 e. The molecule has 0 amide bonds. The minimum atomic E-state index is -1.11. The summed E-state index contributed by atoms with van der Waals surface area (Å²) in [7, 11) is -2.22. The first-order chi connectivity index (χ1) is 9.94. The van der Waals surface area contributed by atoms with Gasteiger partial charge in [0.2, 0.25) is 0 Å². The Morgan fingerprint density at radius 2 is 0.955 bits per heavy atom. The molecule has 2 rings (SSSR count). The lowest BCUT2D eigenvalue weighted by atomic mass is 10.1. The molecule has 0 atom stereocenters. The Morgan fingerprint density at radius 3 is 1.23 bits per heavy atom. The second-order valence-electron chi connectivity index (χ2n) is 8.71. The average Bonchev–Trinajstić information content (AvgIpc) is 2.29. The van der Waals surface area contributed by atoms with Crippen molar-refractivity contribution in [1.82, 2.24) is 0 Å². The second-order valence-corrected chi connectivity index (χ2v) is 21.4. The highest BCUT2D eigenvalue weighted by Gasteiger charge is 2.18. The molecule has 0 unspecified atom stereocenters. The van der Waals surface area contributed by atoms with Crippen LogP contribution in [-0.2, 0) is 12.1 Å². The van der Waals surface area contributed by atoms with Gasteiger partial charge in [-0.2, -0.15) is 0 Å². The fraction of sp³-hybridized carbons (Fsp3) is 0.444. The van der Waals surface area contributed by atoms with Gasteiger partial charge in [-0.05, 0) is 46.1 Å². The van der Waals surface area contributed by atoms with Crippen molar-refractivity contribution in [2.75, 3.05) is 0 Å². The standard InChI is InChI=1S/C18H26Br2Si2/c1-21(2,3)11-15-7-13-10-18(20)16(12-22(4,5)6)8-14(13)9-17(15)19/h7-10H,11-12H2,1-6H3. The van der Waals surface area contributed by atoms with Crippen molar-refractivity contribution in [1.29, 1.82) is 0 Å². The average molecular weight is 458 g/mol. The maximum atomic E-state index is 3.79. The molecular weight excluding hydrogens is 432 g/mol. The van der Waals surface area contributed by atoms with E-state index in [-0.39, 0.29) is 0 Å². The van der Waals surface area contributed by atoms with E-state index in [2.05, 4.69) is 95.4 Å². The molecule has 0 aromatic heterocycles. The topological polar surface area (TPSA) is 0 Å². The fourth-order valence-corrected chi connectivity index (χ4v) is 7.19. The lowest BCUT2D eigenvalue weighted by molar-refractivity contribution is 1.28. The van der Waals surface area contributed by atoms with Crippen LogP contribution in [0.4, 0.5) is 0 Å². The molecule has 0 aliphatic heterocycles. The van der Waals surface area contributed by atoms with Gasteiger partial charge in [0.15, 0.2) is 0 Å². The molecule has 0 saturated carbocycles. The molecule has 0 spiro atoms. The number of hydrogen-bond acceptors (Lipinski definition) is 0. The van der Waals surface area contributed by atoms with E-state index in [1.807, 2.05) is 0 Å². The Morgan fingerprint density at radius 1 is 0.636 bits per heavy atom. The normalized spacial score (nSPS) is 12.9. The Hall–Kier alpha value is 0.0938. The van der Waals surface area contributed by atoms with E-state index in [0.29, 0.717) is 0 Å². The van der Waals surface area contributed by atoms with Gasteiger partial charge >= 0.3 is 0 Å². The second kappa shape index (κ2) is 6.54. The zero-order valence-electron chi connectivity index (χ0n) is 14.5. The first kappa shape index (κ1) is 18.4. The predicted molar refractivity (Wildman–Crippen MR) is 113 cm³/mol. The molecule has 0 heterocycles. The molecule has 0 aliphatic rings. The number of fused-ring (bicyclic) bond motifs is 1. The van der Waals surface area contributed by atoms with E-state index < -0.39 is 16.1 Å². The third-order valence-electron chi connectivity index (χ3n) is 3.61. The smallest absolute Gasteiger partial charge is 0.0487 e. The van der Waals surface area contributed by atoms with Gasteiger partial charge in [-0.25, -0.2) is 0 Å². The van der Waals surface area contributed by atoms with Crippen LogP contribution >= 0.6 is 31.9 Å². The molecule has 2 aromatic rings. The van der Waals surface area contributed by atoms with E-state index in [4.69, 9.17) is 0 Å². The van der Waals surface area contributed by atoms with E-state index in [9.17, 15) is 0 Å². The van der Waals surface area contributed by atoms with Crippen molar-refractivity contribution in [3.8, 4) is 0 Å². The summed E-state index contributed by atoms with van der Waals surface area (Å²) in [5, 5.41) is 2.70. The van der Waals surface area contributed by atoms with Crippen LogP contribution in [0.3, 0.4) is 0 Å². The summed E-state index contributed by atoms with van der Waals surface area (Å²) in [5.74, 6) is 0. The number of rotatable bonds is 4. The van der Waals surface area contributed by atoms with Crippen LogP contribution in [0.1, 0.15) is 11.1 Å². The molecule has 0 radical (unpaired) electrons. The number of benzene rings is 2. The third kappa shape index (κ3) is 5.05. The monoisotopic (exact) mass is 456 g/mol. The van der Waals surface area contributed by atoms with Gasteiger partial charge in [-0.3, -0.25) is 0 Å². The number of halogens is 2. The highest BCUT2D eigenvalue weighted by molar-refractivity contribution is 9.10. The van der Waals surface area contributed by atoms with Crippen molar-refractivity contribution in [3.63, 3.8) is 0 Å². The summed E-state index contributed by atoms with van der Waals surface area (Å²) < 4.78 is 2.53. The van der Waals surface area contributed by atoms with Gasteiger partial charge < -0.3 is 0 Å². The Kier molecular flexibility index (Phi) is 5.48. The van der Waals surface area contributed by atoms with E-state index in [0.717, 1.165) is 0 Å². The van der Waals surface area contributed by atoms with Crippen molar-refractivity contribution < 1.29 is 0 Å². The summed E-state index contributed by atoms with van der Waals surface area (Å²) >= 11 is 7.59. The first-order valence-electron chi connectivity index (χ1n) is 7.85. The van der Waals surface area contributed by atoms with Gasteiger partial charge in [0.1, 0.15) is 0 Å². The quantitative estimate of drug-likeness (QED) is 0.425. The van der Waals surface area contributed by atoms with Crippen LogP contribution in [-0.4, -0.2) is 16.1 Å². The summed E-state index contributed by atoms with van der Waals surface area (Å²) in [4.78, 5) is 0. The SMILES string of the molecule is C[Si](C)(C)Cc1cc2cc(Br)c(C[Si](C)(C)C)cc2cc1Br. The van der Waals surface area contributed by atoms with Crippen molar-refractivity contribution >= 4 is 58.8 Å². The molecule has 22 heavy (non-hydrogen) atoms. The minimum Gasteiger partial charge on any atom is -0.0693 e. The summed E-state index contributed by atoms with van der Waals surface area (Å²) in [5.41, 5.74) is 2.91. The van der Waals surface area contributed by atoms with Gasteiger partial charge in [-0.15, -0.1) is 0 Å². The van der Waals surface area contributed by atoms with Crippen molar-refractivity contribution in [2.24, 2.45) is 0 Å². The Labute approximate surface area is 154 Å². The minimum absolute atomic E-state index is 1.11. The van der Waals surface area contributed by atoms with Gasteiger partial charge in [0, 0.05) is 25.1 Å². The summed E-state index contributed by atoms with van der Waals surface area (Å²) in [6, 6.07) is 11.8. The van der Waals surface area contributed by atoms with Gasteiger partial charge in [0.25, 0.3) is 0 Å². The third-order valence-corrected chi connectivity index (χ3v) is 7.97. The van der Waals surface area contributed by atoms with Gasteiger partial charge in [-0.1, -0.05) is 83.3 Å². The lowest BCUT2D eigenvalue weighted by Crippen LogP contribution is -2.24. The zero-order valence-corrected chi connectivity index (χ0v) is 19.7. The maximum Gasteiger partial charge on any atom is 0.0487 e. The highest BCUT2D eigenvalue weighted by atomic mass is 79.9. The number of hydrogen-bond donors (Lipinski definition) is 0.